The molecule has 0 saturated heterocycles. The van der Waals surface area contributed by atoms with E-state index in [9.17, 15) is 14.4 Å². The van der Waals surface area contributed by atoms with Gasteiger partial charge in [0, 0.05) is 11.1 Å². The van der Waals surface area contributed by atoms with Gasteiger partial charge in [-0.25, -0.2) is 0 Å². The summed E-state index contributed by atoms with van der Waals surface area (Å²) in [4.78, 5) is 36.2. The second kappa shape index (κ2) is 6.70. The summed E-state index contributed by atoms with van der Waals surface area (Å²) in [5.74, 6) is -0.622. The number of nitrogens with one attached hydrogen (secondary N) is 1. The van der Waals surface area contributed by atoms with Crippen LogP contribution in [-0.2, 0) is 0 Å². The van der Waals surface area contributed by atoms with Crippen molar-refractivity contribution in [1.29, 1.82) is 0 Å². The van der Waals surface area contributed by atoms with E-state index in [0.717, 1.165) is 10.6 Å². The van der Waals surface area contributed by atoms with Crippen molar-refractivity contribution in [3.8, 4) is 17.2 Å². The van der Waals surface area contributed by atoms with Crippen molar-refractivity contribution in [3.05, 3.63) is 80.1 Å². The number of carbonyl (C=O) groups excluding carboxylic acids is 2. The van der Waals surface area contributed by atoms with Gasteiger partial charge in [0.15, 0.2) is 0 Å². The number of pyridine rings is 1. The molecule has 0 bridgehead atoms. The van der Waals surface area contributed by atoms with Crippen molar-refractivity contribution in [2.75, 3.05) is 5.73 Å². The number of hydrogen-bond donors (Lipinski definition) is 2. The van der Waals surface area contributed by atoms with Gasteiger partial charge in [-0.2, -0.15) is 0 Å². The van der Waals surface area contributed by atoms with Gasteiger partial charge in [-0.05, 0) is 36.4 Å². The summed E-state index contributed by atoms with van der Waals surface area (Å²) in [5.41, 5.74) is 5.67. The van der Waals surface area contributed by atoms with Gasteiger partial charge in [0.2, 0.25) is 0 Å². The molecule has 1 aliphatic rings. The van der Waals surface area contributed by atoms with E-state index in [4.69, 9.17) is 33.7 Å². The molecular formula is C19H11Cl2N3O4. The molecule has 0 atom stereocenters. The second-order valence-electron chi connectivity index (χ2n) is 5.95. The van der Waals surface area contributed by atoms with Gasteiger partial charge in [-0.15, -0.1) is 0 Å². The third-order valence-corrected chi connectivity index (χ3v) is 4.68. The number of anilines is 1. The highest BCUT2D eigenvalue weighted by atomic mass is 35.5. The number of hydrogen-bond acceptors (Lipinski definition) is 5. The van der Waals surface area contributed by atoms with Gasteiger partial charge in [0.25, 0.3) is 17.4 Å². The molecule has 1 aromatic heterocycles. The number of halogens is 2. The third kappa shape index (κ3) is 3.00. The molecule has 0 saturated carbocycles. The highest BCUT2D eigenvalue weighted by Crippen LogP contribution is 2.33. The van der Waals surface area contributed by atoms with E-state index < -0.39 is 17.4 Å². The summed E-state index contributed by atoms with van der Waals surface area (Å²) in [5, 5.41) is 2.84. The predicted molar refractivity (Wildman–Crippen MR) is 105 cm³/mol. The molecule has 2 amide bonds. The number of nitrogens with two attached hydrogens (primary N) is 1. The SMILES string of the molecule is Nc1c2c(cc(=O)n1-c1ccc(Oc3cccc(Cl)c3)c(Cl)c1)C(=O)NC2=O. The standard InChI is InChI=1S/C19H11Cl2N3O4/c20-9-2-1-3-11(6-9)28-14-5-4-10(7-13(14)21)24-15(25)8-12-16(17(24)22)19(27)23-18(12)26/h1-8H,22H2,(H,23,26,27). The lowest BCUT2D eigenvalue weighted by molar-refractivity contribution is 0.0880. The summed E-state index contributed by atoms with van der Waals surface area (Å²) in [6.45, 7) is 0. The van der Waals surface area contributed by atoms with Crippen LogP contribution in [0.2, 0.25) is 10.0 Å². The molecule has 2 aromatic carbocycles. The van der Waals surface area contributed by atoms with Gasteiger partial charge < -0.3 is 10.5 Å². The van der Waals surface area contributed by atoms with Crippen LogP contribution in [0, 0.1) is 0 Å². The number of carbonyl (C=O) groups is 2. The zero-order chi connectivity index (χ0) is 20.0. The molecular weight excluding hydrogens is 405 g/mol. The van der Waals surface area contributed by atoms with E-state index in [1.807, 2.05) is 0 Å². The fourth-order valence-electron chi connectivity index (χ4n) is 2.91. The van der Waals surface area contributed by atoms with Crippen molar-refractivity contribution in [3.63, 3.8) is 0 Å². The molecule has 2 heterocycles. The molecule has 9 heteroatoms. The molecule has 0 unspecified atom stereocenters. The molecule has 0 aliphatic carbocycles. The number of benzene rings is 2. The van der Waals surface area contributed by atoms with E-state index in [2.05, 4.69) is 5.32 Å². The first-order chi connectivity index (χ1) is 13.3. The summed E-state index contributed by atoms with van der Waals surface area (Å²) < 4.78 is 6.81. The number of ether oxygens (including phenoxy) is 1. The quantitative estimate of drug-likeness (QED) is 0.637. The molecule has 0 fully saturated rings. The Balaban J connectivity index is 1.76. The average Bonchev–Trinajstić information content (AvgIpc) is 2.91. The van der Waals surface area contributed by atoms with Crippen LogP contribution >= 0.6 is 23.2 Å². The van der Waals surface area contributed by atoms with Gasteiger partial charge in [0.05, 0.1) is 21.8 Å². The summed E-state index contributed by atoms with van der Waals surface area (Å²) in [7, 11) is 0. The Hall–Kier alpha value is -3.29. The van der Waals surface area contributed by atoms with E-state index in [1.54, 1.807) is 36.4 Å². The summed E-state index contributed by atoms with van der Waals surface area (Å²) in [6.07, 6.45) is 0. The first-order valence-electron chi connectivity index (χ1n) is 7.99. The van der Waals surface area contributed by atoms with Crippen LogP contribution in [-0.4, -0.2) is 16.4 Å². The fourth-order valence-corrected chi connectivity index (χ4v) is 3.31. The van der Waals surface area contributed by atoms with E-state index >= 15 is 0 Å². The first-order valence-corrected chi connectivity index (χ1v) is 8.75. The largest absolute Gasteiger partial charge is 0.456 e. The lowest BCUT2D eigenvalue weighted by Gasteiger charge is -2.14. The fraction of sp³-hybridized carbons (Fsp3) is 0. The molecule has 1 aliphatic heterocycles. The molecule has 0 radical (unpaired) electrons. The maximum Gasteiger partial charge on any atom is 0.262 e. The number of nitrogens with zero attached hydrogens (tertiary/aromatic N) is 1. The van der Waals surface area contributed by atoms with Crippen molar-refractivity contribution < 1.29 is 14.3 Å². The number of aromatic nitrogens is 1. The van der Waals surface area contributed by atoms with E-state index in [-0.39, 0.29) is 22.0 Å². The maximum atomic E-state index is 12.5. The molecule has 140 valence electrons. The minimum absolute atomic E-state index is 0.0417. The Kier molecular flexibility index (Phi) is 4.33. The van der Waals surface area contributed by atoms with Crippen molar-refractivity contribution in [2.24, 2.45) is 0 Å². The molecule has 3 N–H and O–H groups in total. The Labute approximate surface area is 168 Å². The number of fused-ring (bicyclic) bond motifs is 1. The molecule has 3 aromatic rings. The van der Waals surface area contributed by atoms with Crippen LogP contribution in [0.1, 0.15) is 20.7 Å². The van der Waals surface area contributed by atoms with Crippen LogP contribution < -0.4 is 21.3 Å². The minimum atomic E-state index is -0.654. The normalized spacial score (nSPS) is 12.6. The third-order valence-electron chi connectivity index (χ3n) is 4.15. The summed E-state index contributed by atoms with van der Waals surface area (Å²) >= 11 is 12.2. The number of amides is 2. The Morgan fingerprint density at radius 3 is 2.46 bits per heavy atom. The highest BCUT2D eigenvalue weighted by molar-refractivity contribution is 6.32. The lowest BCUT2D eigenvalue weighted by Crippen LogP contribution is -2.24. The second-order valence-corrected chi connectivity index (χ2v) is 6.79. The number of rotatable bonds is 3. The zero-order valence-corrected chi connectivity index (χ0v) is 15.5. The first kappa shape index (κ1) is 18.1. The van der Waals surface area contributed by atoms with Crippen molar-refractivity contribution >= 4 is 40.8 Å². The van der Waals surface area contributed by atoms with Crippen LogP contribution in [0.4, 0.5) is 5.82 Å². The van der Waals surface area contributed by atoms with Crippen LogP contribution in [0.15, 0.2) is 53.3 Å². The molecule has 0 spiro atoms. The molecule has 7 nitrogen and oxygen atoms in total. The summed E-state index contributed by atoms with van der Waals surface area (Å²) in [6, 6.07) is 12.4. The monoisotopic (exact) mass is 415 g/mol. The number of imide groups is 1. The Morgan fingerprint density at radius 2 is 1.75 bits per heavy atom. The van der Waals surface area contributed by atoms with Crippen molar-refractivity contribution in [2.45, 2.75) is 0 Å². The van der Waals surface area contributed by atoms with Crippen LogP contribution in [0.25, 0.3) is 5.69 Å². The topological polar surface area (TPSA) is 103 Å². The zero-order valence-electron chi connectivity index (χ0n) is 14.0. The van der Waals surface area contributed by atoms with Gasteiger partial charge in [0.1, 0.15) is 17.3 Å². The predicted octanol–water partition coefficient (Wildman–Crippen LogP) is 3.40. The maximum absolute atomic E-state index is 12.5. The van der Waals surface area contributed by atoms with Gasteiger partial charge in [-0.1, -0.05) is 29.3 Å². The highest BCUT2D eigenvalue weighted by Gasteiger charge is 2.31. The Bertz CT molecular complexity index is 1220. The lowest BCUT2D eigenvalue weighted by atomic mass is 10.1. The smallest absolute Gasteiger partial charge is 0.262 e. The van der Waals surface area contributed by atoms with Gasteiger partial charge in [-0.3, -0.25) is 24.3 Å². The number of nitrogen functional groups attached to an aromatic ring is 1. The van der Waals surface area contributed by atoms with E-state index in [1.165, 1.54) is 6.07 Å². The van der Waals surface area contributed by atoms with Crippen molar-refractivity contribution in [1.82, 2.24) is 9.88 Å². The molecule has 28 heavy (non-hydrogen) atoms. The molecule has 4 rings (SSSR count). The van der Waals surface area contributed by atoms with E-state index in [0.29, 0.717) is 22.2 Å². The van der Waals surface area contributed by atoms with Crippen LogP contribution in [0.3, 0.4) is 0 Å². The van der Waals surface area contributed by atoms with Gasteiger partial charge >= 0.3 is 0 Å². The van der Waals surface area contributed by atoms with Crippen LogP contribution in [0.5, 0.6) is 11.5 Å². The average molecular weight is 416 g/mol. The Morgan fingerprint density at radius 1 is 0.964 bits per heavy atom. The minimum Gasteiger partial charge on any atom is -0.456 e.